The topological polar surface area (TPSA) is 35.6 Å². The molecular formula is C15H31N3O. The van der Waals surface area contributed by atoms with Crippen molar-refractivity contribution in [1.29, 1.82) is 0 Å². The lowest BCUT2D eigenvalue weighted by Gasteiger charge is -2.35. The van der Waals surface area contributed by atoms with E-state index in [4.69, 9.17) is 0 Å². The Kier molecular flexibility index (Phi) is 6.80. The maximum atomic E-state index is 11.6. The fourth-order valence-electron chi connectivity index (χ4n) is 2.19. The Bertz CT molecular complexity index is 265. The predicted molar refractivity (Wildman–Crippen MR) is 80.3 cm³/mol. The lowest BCUT2D eigenvalue weighted by atomic mass is 9.92. The van der Waals surface area contributed by atoms with E-state index in [1.165, 1.54) is 13.0 Å². The van der Waals surface area contributed by atoms with Gasteiger partial charge >= 0.3 is 0 Å². The quantitative estimate of drug-likeness (QED) is 0.795. The molecule has 1 rings (SSSR count). The van der Waals surface area contributed by atoms with E-state index in [0.717, 1.165) is 39.1 Å². The fourth-order valence-corrected chi connectivity index (χ4v) is 2.19. The number of carbonyl (C=O) groups excluding carboxylic acids is 1. The van der Waals surface area contributed by atoms with Crippen LogP contribution in [0.4, 0.5) is 0 Å². The maximum Gasteiger partial charge on any atom is 0.234 e. The van der Waals surface area contributed by atoms with Gasteiger partial charge in [0.15, 0.2) is 0 Å². The maximum absolute atomic E-state index is 11.6. The molecule has 1 saturated heterocycles. The van der Waals surface area contributed by atoms with E-state index in [-0.39, 0.29) is 5.91 Å². The number of hydrogen-bond acceptors (Lipinski definition) is 3. The van der Waals surface area contributed by atoms with Crippen molar-refractivity contribution in [2.45, 2.75) is 40.5 Å². The molecule has 1 fully saturated rings. The zero-order valence-electron chi connectivity index (χ0n) is 13.2. The van der Waals surface area contributed by atoms with Crippen LogP contribution in [-0.2, 0) is 4.79 Å². The summed E-state index contributed by atoms with van der Waals surface area (Å²) in [5, 5.41) is 2.94. The predicted octanol–water partition coefficient (Wildman–Crippen LogP) is 1.57. The molecule has 1 N–H and O–H groups in total. The highest BCUT2D eigenvalue weighted by Crippen LogP contribution is 2.19. The van der Waals surface area contributed by atoms with E-state index in [2.05, 4.69) is 42.8 Å². The zero-order valence-corrected chi connectivity index (χ0v) is 13.2. The molecule has 0 aromatic heterocycles. The van der Waals surface area contributed by atoms with Crippen molar-refractivity contribution in [2.75, 3.05) is 45.8 Å². The molecule has 0 aromatic carbocycles. The van der Waals surface area contributed by atoms with Crippen molar-refractivity contribution in [3.05, 3.63) is 0 Å². The van der Waals surface area contributed by atoms with Crippen LogP contribution in [0.1, 0.15) is 40.5 Å². The Morgan fingerprint density at radius 2 is 1.68 bits per heavy atom. The Labute approximate surface area is 118 Å². The smallest absolute Gasteiger partial charge is 0.234 e. The number of nitrogens with one attached hydrogen (secondary N) is 1. The van der Waals surface area contributed by atoms with Gasteiger partial charge in [-0.2, -0.15) is 0 Å². The molecule has 112 valence electrons. The van der Waals surface area contributed by atoms with Crippen molar-refractivity contribution >= 4 is 5.91 Å². The van der Waals surface area contributed by atoms with Gasteiger partial charge in [0.25, 0.3) is 0 Å². The molecule has 1 amide bonds. The summed E-state index contributed by atoms with van der Waals surface area (Å²) in [4.78, 5) is 16.4. The Morgan fingerprint density at radius 3 is 2.21 bits per heavy atom. The summed E-state index contributed by atoms with van der Waals surface area (Å²) in [5.74, 6) is 0.171. The van der Waals surface area contributed by atoms with Gasteiger partial charge in [-0.1, -0.05) is 27.7 Å². The van der Waals surface area contributed by atoms with Crippen LogP contribution in [0.15, 0.2) is 0 Å². The Morgan fingerprint density at radius 1 is 1.11 bits per heavy atom. The minimum Gasteiger partial charge on any atom is -0.355 e. The van der Waals surface area contributed by atoms with Gasteiger partial charge in [0.2, 0.25) is 5.91 Å². The SMILES string of the molecule is CCCNC(=O)CN1CCN(CCC(C)(C)C)CC1. The van der Waals surface area contributed by atoms with Gasteiger partial charge in [-0.25, -0.2) is 0 Å². The average Bonchev–Trinajstić information content (AvgIpc) is 2.34. The molecule has 1 aliphatic rings. The number of piperazine rings is 1. The minimum absolute atomic E-state index is 0.171. The molecule has 0 bridgehead atoms. The van der Waals surface area contributed by atoms with Crippen LogP contribution in [-0.4, -0.2) is 61.5 Å². The van der Waals surface area contributed by atoms with E-state index < -0.39 is 0 Å². The summed E-state index contributed by atoms with van der Waals surface area (Å²) in [5.41, 5.74) is 0.414. The second kappa shape index (κ2) is 7.85. The summed E-state index contributed by atoms with van der Waals surface area (Å²) in [7, 11) is 0. The van der Waals surface area contributed by atoms with Crippen molar-refractivity contribution in [3.63, 3.8) is 0 Å². The summed E-state index contributed by atoms with van der Waals surface area (Å²) < 4.78 is 0. The molecule has 0 saturated carbocycles. The van der Waals surface area contributed by atoms with E-state index >= 15 is 0 Å². The van der Waals surface area contributed by atoms with Crippen LogP contribution in [0.3, 0.4) is 0 Å². The molecule has 1 aliphatic heterocycles. The lowest BCUT2D eigenvalue weighted by molar-refractivity contribution is -0.122. The molecule has 19 heavy (non-hydrogen) atoms. The third-order valence-electron chi connectivity index (χ3n) is 3.58. The summed E-state index contributed by atoms with van der Waals surface area (Å²) >= 11 is 0. The third-order valence-corrected chi connectivity index (χ3v) is 3.58. The van der Waals surface area contributed by atoms with Crippen molar-refractivity contribution in [2.24, 2.45) is 5.41 Å². The van der Waals surface area contributed by atoms with Crippen molar-refractivity contribution in [3.8, 4) is 0 Å². The van der Waals surface area contributed by atoms with E-state index in [0.29, 0.717) is 12.0 Å². The van der Waals surface area contributed by atoms with Gasteiger partial charge < -0.3 is 10.2 Å². The first-order chi connectivity index (χ1) is 8.90. The standard InChI is InChI=1S/C15H31N3O/c1-5-7-16-14(19)13-18-11-9-17(10-12-18)8-6-15(2,3)4/h5-13H2,1-4H3,(H,16,19). The second-order valence-electron chi connectivity index (χ2n) is 6.78. The van der Waals surface area contributed by atoms with E-state index in [9.17, 15) is 4.79 Å². The highest BCUT2D eigenvalue weighted by molar-refractivity contribution is 5.77. The summed E-state index contributed by atoms with van der Waals surface area (Å²) in [6, 6.07) is 0. The normalized spacial score (nSPS) is 18.5. The first-order valence-electron chi connectivity index (χ1n) is 7.62. The van der Waals surface area contributed by atoms with Gasteiger partial charge in [-0.15, -0.1) is 0 Å². The monoisotopic (exact) mass is 269 g/mol. The largest absolute Gasteiger partial charge is 0.355 e. The molecule has 1 heterocycles. The fraction of sp³-hybridized carbons (Fsp3) is 0.933. The molecule has 0 aliphatic carbocycles. The highest BCUT2D eigenvalue weighted by Gasteiger charge is 2.20. The molecule has 0 spiro atoms. The third kappa shape index (κ3) is 7.53. The van der Waals surface area contributed by atoms with Gasteiger partial charge in [0.1, 0.15) is 0 Å². The van der Waals surface area contributed by atoms with Crippen molar-refractivity contribution in [1.82, 2.24) is 15.1 Å². The molecule has 4 nitrogen and oxygen atoms in total. The zero-order chi connectivity index (χ0) is 14.3. The van der Waals surface area contributed by atoms with Crippen LogP contribution in [0.5, 0.6) is 0 Å². The van der Waals surface area contributed by atoms with Crippen LogP contribution in [0.25, 0.3) is 0 Å². The number of carbonyl (C=O) groups is 1. The minimum atomic E-state index is 0.171. The van der Waals surface area contributed by atoms with Gasteiger partial charge in [0, 0.05) is 32.7 Å². The van der Waals surface area contributed by atoms with Gasteiger partial charge in [0.05, 0.1) is 6.54 Å². The van der Waals surface area contributed by atoms with E-state index in [1.807, 2.05) is 0 Å². The van der Waals surface area contributed by atoms with Crippen LogP contribution in [0.2, 0.25) is 0 Å². The number of nitrogens with zero attached hydrogens (tertiary/aromatic N) is 2. The van der Waals surface area contributed by atoms with Crippen molar-refractivity contribution < 1.29 is 4.79 Å². The molecule has 0 unspecified atom stereocenters. The number of hydrogen-bond donors (Lipinski definition) is 1. The first kappa shape index (κ1) is 16.4. The Hall–Kier alpha value is -0.610. The highest BCUT2D eigenvalue weighted by atomic mass is 16.2. The lowest BCUT2D eigenvalue weighted by Crippen LogP contribution is -2.49. The molecule has 0 radical (unpaired) electrons. The van der Waals surface area contributed by atoms with E-state index in [1.54, 1.807) is 0 Å². The van der Waals surface area contributed by atoms with Gasteiger partial charge in [-0.05, 0) is 24.8 Å². The molecule has 0 atom stereocenters. The first-order valence-corrected chi connectivity index (χ1v) is 7.62. The molecular weight excluding hydrogens is 238 g/mol. The van der Waals surface area contributed by atoms with Crippen LogP contribution in [0, 0.1) is 5.41 Å². The molecule has 0 aromatic rings. The average molecular weight is 269 g/mol. The number of rotatable bonds is 6. The van der Waals surface area contributed by atoms with Crippen LogP contribution >= 0.6 is 0 Å². The Balaban J connectivity index is 2.16. The second-order valence-corrected chi connectivity index (χ2v) is 6.78. The van der Waals surface area contributed by atoms with Gasteiger partial charge in [-0.3, -0.25) is 9.69 Å². The van der Waals surface area contributed by atoms with Crippen LogP contribution < -0.4 is 5.32 Å². The summed E-state index contributed by atoms with van der Waals surface area (Å²) in [6.07, 6.45) is 2.25. The number of amides is 1. The summed E-state index contributed by atoms with van der Waals surface area (Å²) in [6.45, 7) is 15.7. The molecule has 4 heteroatoms.